The Bertz CT molecular complexity index is 1070. The summed E-state index contributed by atoms with van der Waals surface area (Å²) in [5.74, 6) is -0.139. The first-order valence-electron chi connectivity index (χ1n) is 11.5. The van der Waals surface area contributed by atoms with Gasteiger partial charge in [-0.05, 0) is 57.1 Å². The fourth-order valence-corrected chi connectivity index (χ4v) is 6.68. The molecule has 0 radical (unpaired) electrons. The summed E-state index contributed by atoms with van der Waals surface area (Å²) in [6.07, 6.45) is 2.92. The maximum atomic E-state index is 13.1. The maximum Gasteiger partial charge on any atom is 0.325 e. The fraction of sp³-hybridized carbons (Fsp3) is 0.609. The molecule has 1 N–H and O–H groups in total. The van der Waals surface area contributed by atoms with Crippen LogP contribution in [-0.4, -0.2) is 78.6 Å². The molecule has 2 heterocycles. The van der Waals surface area contributed by atoms with Gasteiger partial charge in [0.2, 0.25) is 15.9 Å². The molecule has 3 fully saturated rings. The zero-order chi connectivity index (χ0) is 24.0. The number of amides is 4. The zero-order valence-electron chi connectivity index (χ0n) is 19.5. The summed E-state index contributed by atoms with van der Waals surface area (Å²) >= 11 is 0. The Morgan fingerprint density at radius 3 is 2.33 bits per heavy atom. The molecule has 1 aromatic rings. The number of imide groups is 1. The lowest BCUT2D eigenvalue weighted by atomic mass is 9.77. The van der Waals surface area contributed by atoms with Gasteiger partial charge in [-0.15, -0.1) is 0 Å². The van der Waals surface area contributed by atoms with Crippen molar-refractivity contribution in [3.8, 4) is 0 Å². The van der Waals surface area contributed by atoms with Gasteiger partial charge in [0, 0.05) is 26.2 Å². The van der Waals surface area contributed by atoms with E-state index in [-0.39, 0.29) is 49.4 Å². The largest absolute Gasteiger partial charge is 0.338 e. The van der Waals surface area contributed by atoms with Crippen LogP contribution in [0.15, 0.2) is 23.1 Å². The highest BCUT2D eigenvalue weighted by molar-refractivity contribution is 7.89. The molecule has 1 spiro atoms. The highest BCUT2D eigenvalue weighted by atomic mass is 32.2. The molecule has 2 aliphatic heterocycles. The maximum absolute atomic E-state index is 13.1. The number of nitrogens with one attached hydrogen (secondary N) is 1. The molecule has 1 aliphatic carbocycles. The molecule has 4 amide bonds. The number of urea groups is 1. The number of rotatable bonds is 4. The van der Waals surface area contributed by atoms with E-state index < -0.39 is 21.6 Å². The fourth-order valence-electron chi connectivity index (χ4n) is 5.05. The van der Waals surface area contributed by atoms with Crippen LogP contribution in [0, 0.1) is 19.8 Å². The number of carbonyl (C=O) groups is 3. The highest BCUT2D eigenvalue weighted by Gasteiger charge is 2.52. The number of carbonyl (C=O) groups excluding carboxylic acids is 3. The van der Waals surface area contributed by atoms with E-state index in [2.05, 4.69) is 12.2 Å². The lowest BCUT2D eigenvalue weighted by Gasteiger charge is -2.35. The van der Waals surface area contributed by atoms with Crippen LogP contribution in [0.25, 0.3) is 0 Å². The van der Waals surface area contributed by atoms with Crippen molar-refractivity contribution in [1.29, 1.82) is 0 Å². The average molecular weight is 477 g/mol. The number of nitrogens with zero attached hydrogens (tertiary/aromatic N) is 3. The van der Waals surface area contributed by atoms with Crippen molar-refractivity contribution in [3.63, 3.8) is 0 Å². The second kappa shape index (κ2) is 8.72. The Hall–Kier alpha value is -2.46. The van der Waals surface area contributed by atoms with E-state index in [1.807, 2.05) is 13.0 Å². The van der Waals surface area contributed by atoms with Crippen molar-refractivity contribution in [2.45, 2.75) is 56.9 Å². The van der Waals surface area contributed by atoms with Gasteiger partial charge in [0.05, 0.1) is 4.90 Å². The summed E-state index contributed by atoms with van der Waals surface area (Å²) in [5.41, 5.74) is 0.813. The van der Waals surface area contributed by atoms with E-state index >= 15 is 0 Å². The Morgan fingerprint density at radius 1 is 1.09 bits per heavy atom. The third-order valence-electron chi connectivity index (χ3n) is 7.21. The predicted molar refractivity (Wildman–Crippen MR) is 122 cm³/mol. The van der Waals surface area contributed by atoms with Crippen LogP contribution in [0.4, 0.5) is 4.79 Å². The first-order valence-corrected chi connectivity index (χ1v) is 13.0. The highest BCUT2D eigenvalue weighted by Crippen LogP contribution is 2.36. The third kappa shape index (κ3) is 4.38. The second-order valence-corrected chi connectivity index (χ2v) is 11.5. The van der Waals surface area contributed by atoms with Crippen molar-refractivity contribution in [2.75, 3.05) is 32.7 Å². The number of hydrogen-bond donors (Lipinski definition) is 1. The average Bonchev–Trinajstić information content (AvgIpc) is 2.99. The minimum Gasteiger partial charge on any atom is -0.338 e. The van der Waals surface area contributed by atoms with Gasteiger partial charge < -0.3 is 10.2 Å². The van der Waals surface area contributed by atoms with E-state index in [0.717, 1.165) is 23.3 Å². The minimum atomic E-state index is -3.66. The normalized spacial score (nSPS) is 26.7. The lowest BCUT2D eigenvalue weighted by Crippen LogP contribution is -2.53. The number of sulfonamides is 1. The van der Waals surface area contributed by atoms with Crippen LogP contribution >= 0.6 is 0 Å². The standard InChI is InChI=1S/C23H32N4O5S/c1-16-6-8-23(9-7-16)21(29)27(22(30)24-23)15-20(28)25-10-12-26(13-11-25)33(31,32)19-5-4-17(2)14-18(19)3/h4-5,14,16H,6-13,15H2,1-3H3,(H,24,30). The quantitative estimate of drug-likeness (QED) is 0.665. The SMILES string of the molecule is Cc1ccc(S(=O)(=O)N2CCN(C(=O)CN3C(=O)NC4(CCC(C)CC4)C3=O)CC2)c(C)c1. The topological polar surface area (TPSA) is 107 Å². The Kier molecular flexibility index (Phi) is 6.26. The molecular formula is C23H32N4O5S. The van der Waals surface area contributed by atoms with Gasteiger partial charge in [-0.25, -0.2) is 13.2 Å². The number of benzene rings is 1. The summed E-state index contributed by atoms with van der Waals surface area (Å²) in [6, 6.07) is 4.72. The molecule has 1 saturated carbocycles. The van der Waals surface area contributed by atoms with Gasteiger partial charge in [-0.2, -0.15) is 4.31 Å². The molecule has 10 heteroatoms. The molecular weight excluding hydrogens is 444 g/mol. The lowest BCUT2D eigenvalue weighted by molar-refractivity contribution is -0.140. The van der Waals surface area contributed by atoms with Gasteiger partial charge in [0.25, 0.3) is 5.91 Å². The van der Waals surface area contributed by atoms with Gasteiger partial charge in [0.1, 0.15) is 12.1 Å². The smallest absolute Gasteiger partial charge is 0.325 e. The first kappa shape index (κ1) is 23.7. The van der Waals surface area contributed by atoms with E-state index in [4.69, 9.17) is 0 Å². The second-order valence-electron chi connectivity index (χ2n) is 9.64. The first-order chi connectivity index (χ1) is 15.5. The van der Waals surface area contributed by atoms with E-state index in [1.54, 1.807) is 19.1 Å². The molecule has 0 atom stereocenters. The van der Waals surface area contributed by atoms with Crippen LogP contribution in [0.1, 0.15) is 43.7 Å². The monoisotopic (exact) mass is 476 g/mol. The van der Waals surface area contributed by atoms with E-state index in [1.165, 1.54) is 9.21 Å². The van der Waals surface area contributed by atoms with Crippen LogP contribution in [-0.2, 0) is 19.6 Å². The third-order valence-corrected chi connectivity index (χ3v) is 9.27. The van der Waals surface area contributed by atoms with Gasteiger partial charge in [-0.1, -0.05) is 24.6 Å². The van der Waals surface area contributed by atoms with Gasteiger partial charge in [0.15, 0.2) is 0 Å². The minimum absolute atomic E-state index is 0.170. The van der Waals surface area contributed by atoms with Crippen molar-refractivity contribution >= 4 is 27.9 Å². The molecule has 9 nitrogen and oxygen atoms in total. The van der Waals surface area contributed by atoms with Crippen LogP contribution < -0.4 is 5.32 Å². The zero-order valence-corrected chi connectivity index (χ0v) is 20.3. The van der Waals surface area contributed by atoms with E-state index in [9.17, 15) is 22.8 Å². The van der Waals surface area contributed by atoms with Gasteiger partial charge >= 0.3 is 6.03 Å². The van der Waals surface area contributed by atoms with Crippen molar-refractivity contribution in [2.24, 2.45) is 5.92 Å². The summed E-state index contributed by atoms with van der Waals surface area (Å²) < 4.78 is 27.5. The molecule has 2 saturated heterocycles. The van der Waals surface area contributed by atoms with Crippen LogP contribution in [0.5, 0.6) is 0 Å². The van der Waals surface area contributed by atoms with Crippen LogP contribution in [0.2, 0.25) is 0 Å². The number of hydrogen-bond acceptors (Lipinski definition) is 5. The van der Waals surface area contributed by atoms with E-state index in [0.29, 0.717) is 24.3 Å². The van der Waals surface area contributed by atoms with Gasteiger partial charge in [-0.3, -0.25) is 14.5 Å². The molecule has 3 aliphatic rings. The molecule has 33 heavy (non-hydrogen) atoms. The molecule has 0 bridgehead atoms. The Balaban J connectivity index is 1.37. The summed E-state index contributed by atoms with van der Waals surface area (Å²) in [6.45, 7) is 6.28. The molecule has 1 aromatic carbocycles. The van der Waals surface area contributed by atoms with Crippen molar-refractivity contribution < 1.29 is 22.8 Å². The number of piperazine rings is 1. The Morgan fingerprint density at radius 2 is 1.73 bits per heavy atom. The number of aryl methyl sites for hydroxylation is 2. The molecule has 0 unspecified atom stereocenters. The molecule has 4 rings (SSSR count). The summed E-state index contributed by atoms with van der Waals surface area (Å²) in [4.78, 5) is 41.2. The predicted octanol–water partition coefficient (Wildman–Crippen LogP) is 1.64. The molecule has 180 valence electrons. The Labute approximate surface area is 195 Å². The summed E-state index contributed by atoms with van der Waals surface area (Å²) in [5, 5.41) is 2.83. The van der Waals surface area contributed by atoms with Crippen LogP contribution in [0.3, 0.4) is 0 Å². The van der Waals surface area contributed by atoms with Crippen molar-refractivity contribution in [3.05, 3.63) is 29.3 Å². The summed E-state index contributed by atoms with van der Waals surface area (Å²) in [7, 11) is -3.66. The van der Waals surface area contributed by atoms with Crippen molar-refractivity contribution in [1.82, 2.24) is 19.4 Å². The molecule has 0 aromatic heterocycles.